The van der Waals surface area contributed by atoms with Crippen molar-refractivity contribution in [2.75, 3.05) is 3.11 Å². The van der Waals surface area contributed by atoms with Gasteiger partial charge in [-0.1, -0.05) is 91.8 Å². The fourth-order valence-corrected chi connectivity index (χ4v) is 6.49. The van der Waals surface area contributed by atoms with Crippen LogP contribution in [0.2, 0.25) is 0 Å². The van der Waals surface area contributed by atoms with E-state index in [0.717, 1.165) is 22.3 Å². The van der Waals surface area contributed by atoms with E-state index in [-0.39, 0.29) is 29.5 Å². The highest BCUT2D eigenvalue weighted by Gasteiger charge is 2.77. The molecule has 1 saturated carbocycles. The summed E-state index contributed by atoms with van der Waals surface area (Å²) in [6.07, 6.45) is -2.42. The van der Waals surface area contributed by atoms with Gasteiger partial charge in [-0.25, -0.2) is 26.9 Å². The number of hydrogen-bond donors (Lipinski definition) is 0. The molecule has 2 aromatic carbocycles. The first-order valence-corrected chi connectivity index (χ1v) is 14.8. The summed E-state index contributed by atoms with van der Waals surface area (Å²) in [6.45, 7) is 15.9. The predicted molar refractivity (Wildman–Crippen MR) is 150 cm³/mol. The molecule has 8 heteroatoms. The Hall–Kier alpha value is -2.23. The first-order chi connectivity index (χ1) is 18.7. The van der Waals surface area contributed by atoms with Crippen molar-refractivity contribution in [2.45, 2.75) is 90.9 Å². The highest BCUT2D eigenvalue weighted by molar-refractivity contribution is 6.13. The second-order valence-electron chi connectivity index (χ2n) is 11.9. The topological polar surface area (TPSA) is 15.6 Å². The van der Waals surface area contributed by atoms with Crippen LogP contribution >= 0.6 is 0 Å². The van der Waals surface area contributed by atoms with Gasteiger partial charge in [-0.15, -0.1) is 3.11 Å². The van der Waals surface area contributed by atoms with Crippen LogP contribution in [0, 0.1) is 5.92 Å². The molecule has 0 bridgehead atoms. The summed E-state index contributed by atoms with van der Waals surface area (Å²) in [5.74, 6) is -7.58. The minimum Gasteiger partial charge on any atom is -0.243 e. The Morgan fingerprint density at radius 3 is 1.62 bits per heavy atom. The summed E-state index contributed by atoms with van der Waals surface area (Å²) in [6, 6.07) is 11.5. The Bertz CT molecular complexity index is 1360. The van der Waals surface area contributed by atoms with E-state index < -0.39 is 40.8 Å². The second-order valence-corrected chi connectivity index (χ2v) is 13.0. The minimum absolute atomic E-state index is 0.000237. The number of hydrogen-bond acceptors (Lipinski definition) is 1. The molecule has 0 spiro atoms. The van der Waals surface area contributed by atoms with Crippen LogP contribution in [0.4, 0.5) is 33.3 Å². The second kappa shape index (κ2) is 11.2. The number of aliphatic imine (C=N–C) groups is 1. The standard InChI is InChI=1S/C32H37F5IN2/c1-15(2)19-11-9-12-20(16(3)4)28(19)39-31(24-26(34)27(35)25(33)23-30(36)32(23,24)37)40(38)29-21(17(5)6)13-10-14-22(29)18(7)8/h9-18,23,30,38H,1-8H3/q+1/t23-,30?,32?/m0/s1. The van der Waals surface area contributed by atoms with Gasteiger partial charge in [0.05, 0.1) is 22.9 Å². The van der Waals surface area contributed by atoms with Crippen molar-refractivity contribution in [1.82, 2.24) is 0 Å². The first kappa shape index (κ1) is 30.7. The average Bonchev–Trinajstić information content (AvgIpc) is 3.45. The van der Waals surface area contributed by atoms with Crippen molar-refractivity contribution in [3.63, 3.8) is 0 Å². The van der Waals surface area contributed by atoms with Gasteiger partial charge in [0.15, 0.2) is 29.3 Å². The molecule has 1 fully saturated rings. The Balaban J connectivity index is 2.14. The third-order valence-corrected chi connectivity index (χ3v) is 8.85. The lowest BCUT2D eigenvalue weighted by atomic mass is 9.91. The molecule has 2 aliphatic rings. The number of benzene rings is 2. The fraction of sp³-hybridized carbons (Fsp3) is 0.469. The average molecular weight is 672 g/mol. The van der Waals surface area contributed by atoms with Crippen LogP contribution < -0.4 is 26.0 Å². The molecular weight excluding hydrogens is 634 g/mol. The van der Waals surface area contributed by atoms with Crippen LogP contribution in [0.15, 0.2) is 64.4 Å². The van der Waals surface area contributed by atoms with Gasteiger partial charge in [0.2, 0.25) is 0 Å². The van der Waals surface area contributed by atoms with Crippen molar-refractivity contribution in [3.8, 4) is 0 Å². The van der Waals surface area contributed by atoms with Gasteiger partial charge in [0, 0.05) is 0 Å². The third kappa shape index (κ3) is 4.92. The maximum absolute atomic E-state index is 16.3. The van der Waals surface area contributed by atoms with Crippen molar-refractivity contribution in [1.29, 1.82) is 0 Å². The monoisotopic (exact) mass is 671 g/mol. The van der Waals surface area contributed by atoms with E-state index in [1.165, 1.54) is 22.9 Å². The molecule has 3 atom stereocenters. The highest BCUT2D eigenvalue weighted by atomic mass is 127. The number of para-hydroxylation sites is 2. The van der Waals surface area contributed by atoms with Crippen molar-refractivity contribution < 1.29 is 44.8 Å². The van der Waals surface area contributed by atoms with Gasteiger partial charge in [-0.05, 0) is 45.9 Å². The molecule has 0 aliphatic heterocycles. The number of amidine groups is 1. The maximum atomic E-state index is 16.3. The van der Waals surface area contributed by atoms with Gasteiger partial charge in [-0.2, -0.15) is 0 Å². The van der Waals surface area contributed by atoms with E-state index in [9.17, 15) is 8.78 Å². The summed E-state index contributed by atoms with van der Waals surface area (Å²) >= 11 is 1.51. The summed E-state index contributed by atoms with van der Waals surface area (Å²) in [4.78, 5) is 4.90. The first-order valence-electron chi connectivity index (χ1n) is 13.8. The molecule has 0 aromatic heterocycles. The van der Waals surface area contributed by atoms with Gasteiger partial charge < -0.3 is 0 Å². The van der Waals surface area contributed by atoms with Gasteiger partial charge in [0.25, 0.3) is 0 Å². The lowest BCUT2D eigenvalue weighted by molar-refractivity contribution is -0.366. The molecule has 0 radical (unpaired) electrons. The van der Waals surface area contributed by atoms with E-state index >= 15 is 13.2 Å². The molecule has 2 aliphatic carbocycles. The number of alkyl halides is 2. The van der Waals surface area contributed by atoms with E-state index in [1.54, 1.807) is 3.11 Å². The van der Waals surface area contributed by atoms with Crippen LogP contribution in [0.3, 0.4) is 0 Å². The Labute approximate surface area is 247 Å². The zero-order valence-electron chi connectivity index (χ0n) is 24.1. The van der Waals surface area contributed by atoms with E-state index in [2.05, 4.69) is 0 Å². The quantitative estimate of drug-likeness (QED) is 0.102. The fourth-order valence-electron chi connectivity index (χ4n) is 5.51. The predicted octanol–water partition coefficient (Wildman–Crippen LogP) is 6.98. The normalized spacial score (nSPS) is 23.2. The molecule has 4 rings (SSSR count). The lowest BCUT2D eigenvalue weighted by Gasteiger charge is -2.27. The number of rotatable bonds is 7. The third-order valence-electron chi connectivity index (χ3n) is 7.84. The molecule has 0 N–H and O–H groups in total. The SMILES string of the molecule is CC(C)c1cccc(C(C)C)c1N=C(C1=C(F)C(F)=C(F)[C@H]2C(F)C12F)N([IH+])c1c(C(C)C)cccc1C(C)C. The molecule has 0 saturated heterocycles. The lowest BCUT2D eigenvalue weighted by Crippen LogP contribution is -3.43. The summed E-state index contributed by atoms with van der Waals surface area (Å²) < 4.78 is 78.1. The van der Waals surface area contributed by atoms with Crippen LogP contribution in [-0.2, 0) is 0 Å². The van der Waals surface area contributed by atoms with Gasteiger partial charge in [0.1, 0.15) is 5.83 Å². The molecule has 2 nitrogen and oxygen atoms in total. The zero-order valence-corrected chi connectivity index (χ0v) is 26.5. The molecule has 0 heterocycles. The number of allylic oxidation sites excluding steroid dienone is 3. The molecular formula is C32H37F5IN2+. The summed E-state index contributed by atoms with van der Waals surface area (Å²) in [7, 11) is 0. The van der Waals surface area contributed by atoms with Crippen LogP contribution in [-0.4, -0.2) is 17.7 Å². The van der Waals surface area contributed by atoms with Crippen molar-refractivity contribution in [3.05, 3.63) is 81.7 Å². The minimum atomic E-state index is -3.06. The van der Waals surface area contributed by atoms with Crippen LogP contribution in [0.1, 0.15) is 101 Å². The highest BCUT2D eigenvalue weighted by Crippen LogP contribution is 2.64. The molecule has 216 valence electrons. The number of anilines is 1. The molecule has 0 amide bonds. The van der Waals surface area contributed by atoms with E-state index in [0.29, 0.717) is 11.4 Å². The molecule has 2 unspecified atom stereocenters. The maximum Gasteiger partial charge on any atom is 0.410 e. The largest absolute Gasteiger partial charge is 0.410 e. The van der Waals surface area contributed by atoms with E-state index in [4.69, 9.17) is 4.99 Å². The Morgan fingerprint density at radius 1 is 0.775 bits per heavy atom. The smallest absolute Gasteiger partial charge is 0.243 e. The molecule has 40 heavy (non-hydrogen) atoms. The Morgan fingerprint density at radius 2 is 1.20 bits per heavy atom. The number of halogens is 6. The zero-order chi connectivity index (χ0) is 29.8. The number of fused-ring (bicyclic) bond motifs is 1. The van der Waals surface area contributed by atoms with Gasteiger partial charge >= 0.3 is 22.9 Å². The van der Waals surface area contributed by atoms with E-state index in [1.807, 2.05) is 91.8 Å². The van der Waals surface area contributed by atoms with Crippen LogP contribution in [0.25, 0.3) is 0 Å². The summed E-state index contributed by atoms with van der Waals surface area (Å²) in [5, 5.41) is 0. The van der Waals surface area contributed by atoms with Crippen LogP contribution in [0.5, 0.6) is 0 Å². The van der Waals surface area contributed by atoms with Gasteiger partial charge in [-0.3, -0.25) is 0 Å². The van der Waals surface area contributed by atoms with Crippen molar-refractivity contribution in [2.24, 2.45) is 10.9 Å². The summed E-state index contributed by atoms with van der Waals surface area (Å²) in [5.41, 5.74) is 0.658. The number of nitrogens with zero attached hydrogens (tertiary/aromatic N) is 2. The molecule has 2 aromatic rings. The Kier molecular flexibility index (Phi) is 8.61. The van der Waals surface area contributed by atoms with Crippen molar-refractivity contribution >= 4 is 17.2 Å².